The van der Waals surface area contributed by atoms with Crippen molar-refractivity contribution in [3.8, 4) is 55.6 Å². The summed E-state index contributed by atoms with van der Waals surface area (Å²) in [6.45, 7) is 0. The Morgan fingerprint density at radius 3 is 1.40 bits per heavy atom. The minimum Gasteiger partial charge on any atom is -0.456 e. The molecule has 15 aromatic carbocycles. The lowest BCUT2D eigenvalue weighted by Gasteiger charge is -2.19. The Labute approximate surface area is 489 Å². The molecule has 1 aromatic heterocycles. The van der Waals surface area contributed by atoms with Crippen LogP contribution in [0, 0.1) is 0 Å². The summed E-state index contributed by atoms with van der Waals surface area (Å²) in [5.74, 6) is 0. The molecule has 16 rings (SSSR count). The van der Waals surface area contributed by atoms with E-state index in [0.29, 0.717) is 5.56 Å². The first-order valence-electron chi connectivity index (χ1n) is 39.5. The van der Waals surface area contributed by atoms with Crippen LogP contribution in [-0.2, 0) is 0 Å². The van der Waals surface area contributed by atoms with Gasteiger partial charge in [0.05, 0.1) is 42.5 Å². The topological polar surface area (TPSA) is 13.1 Å². The maximum Gasteiger partial charge on any atom is 0.136 e. The lowest BCUT2D eigenvalue weighted by molar-refractivity contribution is 0.669. The third kappa shape index (κ3) is 7.47. The number of benzene rings is 15. The first-order valence-corrected chi connectivity index (χ1v) is 24.0. The van der Waals surface area contributed by atoms with Gasteiger partial charge in [0.15, 0.2) is 0 Å². The maximum atomic E-state index is 9.43. The van der Waals surface area contributed by atoms with Gasteiger partial charge in [-0.2, -0.15) is 0 Å². The first-order chi connectivity index (χ1) is 51.1. The van der Waals surface area contributed by atoms with Crippen LogP contribution in [0.2, 0.25) is 0 Å². The van der Waals surface area contributed by atoms with E-state index in [-0.39, 0.29) is 29.7 Å². The Hall–Kier alpha value is -10.1. The van der Waals surface area contributed by atoms with Gasteiger partial charge in [0.25, 0.3) is 0 Å². The molecule has 0 aliphatic rings. The minimum absolute atomic E-state index is 0.207. The summed E-state index contributed by atoms with van der Waals surface area (Å²) in [6.07, 6.45) is 0. The smallest absolute Gasteiger partial charge is 0.136 e. The van der Waals surface area contributed by atoms with Gasteiger partial charge in [-0.3, -0.25) is 0 Å². The predicted octanol–water partition coefficient (Wildman–Crippen LogP) is 21.7. The number of hydrogen-bond acceptors (Lipinski definition) is 1. The van der Waals surface area contributed by atoms with E-state index in [1.54, 1.807) is 0 Å². The van der Waals surface area contributed by atoms with Crippen LogP contribution >= 0.6 is 0 Å². The molecule has 0 amide bonds. The summed E-state index contributed by atoms with van der Waals surface area (Å²) in [5, 5.41) is 2.59. The Morgan fingerprint density at radius 1 is 0.247 bits per heavy atom. The minimum atomic E-state index is -1.07. The predicted molar refractivity (Wildman–Crippen MR) is 330 cm³/mol. The summed E-state index contributed by atoms with van der Waals surface area (Å²) >= 11 is 0. The zero-order chi connectivity index (χ0) is 77.8. The fourth-order valence-corrected chi connectivity index (χ4v) is 10.4. The van der Waals surface area contributed by atoms with E-state index in [4.69, 9.17) is 34.6 Å². The molecule has 0 saturated carbocycles. The standard InChI is InChI=1S/C40H26.C36H22O/c1-2-12-31-26-32(25-22-27(31)10-1)28-20-23-30(24-21-28)39-35-15-5-7-17-37(35)40(38-18-8-6-16-36(38)39)34-19-9-13-29-11-3-4-14-33(29)34;1-2-11-23(12-3-1)34-26-15-6-8-17-28(26)35(29-18-9-7-16-27(29)34)30-19-10-20-32-36(30)31-21-24-13-4-5-14-25(24)22-33(31)37-32/h1-26H;1-22H/i1D,2D,3D,4D,5D,6D,7D,8D,9D,10D,11D,12D,13D,14D,15D,16D,17D,18D,19D,20D,21D,22D,23D,24D,25D,26D;1D,2D,3D,11D,12D. The highest BCUT2D eigenvalue weighted by atomic mass is 16.3. The van der Waals surface area contributed by atoms with Crippen molar-refractivity contribution in [3.63, 3.8) is 0 Å². The van der Waals surface area contributed by atoms with Crippen molar-refractivity contribution in [1.29, 1.82) is 0 Å². The molecule has 0 aliphatic heterocycles. The lowest BCUT2D eigenvalue weighted by Crippen LogP contribution is -1.91. The highest BCUT2D eigenvalue weighted by molar-refractivity contribution is 6.27. The van der Waals surface area contributed by atoms with E-state index >= 15 is 0 Å². The van der Waals surface area contributed by atoms with Gasteiger partial charge >= 0.3 is 0 Å². The fourth-order valence-electron chi connectivity index (χ4n) is 10.4. The van der Waals surface area contributed by atoms with Crippen molar-refractivity contribution in [2.45, 2.75) is 0 Å². The molecule has 0 unspecified atom stereocenters. The van der Waals surface area contributed by atoms with Gasteiger partial charge in [0.2, 0.25) is 0 Å². The molecule has 0 aliphatic carbocycles. The molecule has 1 heteroatoms. The second-order valence-electron chi connectivity index (χ2n) is 17.8. The van der Waals surface area contributed by atoms with Gasteiger partial charge in [0.1, 0.15) is 11.2 Å². The highest BCUT2D eigenvalue weighted by Crippen LogP contribution is 2.48. The Kier molecular flexibility index (Phi) is 5.54. The van der Waals surface area contributed by atoms with Crippen LogP contribution < -0.4 is 0 Å². The SMILES string of the molecule is [2H]c1c([2H])c(-c2c3c([2H])c([2H])c([2H])c([2H])c3c(-c3c([2H])c([2H])c([2H])c4c([2H])c([2H])c([2H])c([2H])c34)c3c([2H])c([2H])c([2H])c([2H])c23)c([2H])c([2H])c1-c1c([2H])c([2H])c2c([2H])c([2H])c([2H])c([2H])c2c1[2H].[2H]c1c([2H])c([2H])c(-c2c3ccccc3c(-c3cccc4oc5cc6ccccc6cc5c34)c3ccccc23)c([2H])c1[2H]. The van der Waals surface area contributed by atoms with Crippen LogP contribution in [0.25, 0.3) is 153 Å². The van der Waals surface area contributed by atoms with E-state index in [1.807, 2.05) is 72.8 Å². The number of furan rings is 1. The van der Waals surface area contributed by atoms with Crippen molar-refractivity contribution in [2.24, 2.45) is 0 Å². The average molecular weight is 1010 g/mol. The largest absolute Gasteiger partial charge is 0.456 e. The van der Waals surface area contributed by atoms with Crippen LogP contribution in [0.1, 0.15) is 42.5 Å². The fraction of sp³-hybridized carbons (Fsp3) is 0. The van der Waals surface area contributed by atoms with E-state index in [9.17, 15) is 12.3 Å². The Bertz CT molecular complexity index is 6680. The van der Waals surface area contributed by atoms with Crippen molar-refractivity contribution in [1.82, 2.24) is 0 Å². The zero-order valence-electron chi connectivity index (χ0n) is 70.7. The van der Waals surface area contributed by atoms with Crippen LogP contribution in [-0.4, -0.2) is 0 Å². The van der Waals surface area contributed by atoms with Gasteiger partial charge in [-0.05, 0) is 155 Å². The zero-order valence-corrected chi connectivity index (χ0v) is 39.7. The molecule has 16 aromatic rings. The Balaban J connectivity index is 0.000000189. The molecule has 0 N–H and O–H groups in total. The monoisotopic (exact) mass is 1010 g/mol. The first kappa shape index (κ1) is 23.2. The number of hydrogen-bond donors (Lipinski definition) is 0. The average Bonchev–Trinajstić information content (AvgIpc) is 0.782. The summed E-state index contributed by atoms with van der Waals surface area (Å²) in [6, 6.07) is 9.02. The molecular weight excluding hydrogens is 929 g/mol. The van der Waals surface area contributed by atoms with Crippen LogP contribution in [0.3, 0.4) is 0 Å². The molecule has 77 heavy (non-hydrogen) atoms. The van der Waals surface area contributed by atoms with Gasteiger partial charge in [-0.15, -0.1) is 0 Å². The van der Waals surface area contributed by atoms with Crippen LogP contribution in [0.5, 0.6) is 0 Å². The van der Waals surface area contributed by atoms with Gasteiger partial charge < -0.3 is 4.42 Å². The second-order valence-corrected chi connectivity index (χ2v) is 17.8. The normalized spacial score (nSPS) is 17.3. The van der Waals surface area contributed by atoms with Crippen molar-refractivity contribution < 1.29 is 46.9 Å². The van der Waals surface area contributed by atoms with Crippen LogP contribution in [0.4, 0.5) is 0 Å². The lowest BCUT2D eigenvalue weighted by atomic mass is 9.84. The molecule has 1 nitrogen and oxygen atoms in total. The molecule has 0 spiro atoms. The number of rotatable bonds is 5. The summed E-state index contributed by atoms with van der Waals surface area (Å²) in [7, 11) is 0. The maximum absolute atomic E-state index is 9.43. The summed E-state index contributed by atoms with van der Waals surface area (Å²) in [4.78, 5) is 0. The molecule has 358 valence electrons. The molecule has 1 heterocycles. The summed E-state index contributed by atoms with van der Waals surface area (Å²) < 4.78 is 279. The van der Waals surface area contributed by atoms with Crippen molar-refractivity contribution in [3.05, 3.63) is 290 Å². The summed E-state index contributed by atoms with van der Waals surface area (Å²) in [5.41, 5.74) is -0.0366. The van der Waals surface area contributed by atoms with Crippen molar-refractivity contribution in [2.75, 3.05) is 0 Å². The van der Waals surface area contributed by atoms with Gasteiger partial charge in [0, 0.05) is 10.8 Å². The third-order valence-corrected chi connectivity index (χ3v) is 13.6. The van der Waals surface area contributed by atoms with Gasteiger partial charge in [-0.1, -0.05) is 266 Å². The van der Waals surface area contributed by atoms with Crippen LogP contribution in [0.15, 0.2) is 295 Å². The van der Waals surface area contributed by atoms with Gasteiger partial charge in [-0.25, -0.2) is 0 Å². The number of fused-ring (bicyclic) bond motifs is 10. The van der Waals surface area contributed by atoms with E-state index in [0.717, 1.165) is 65.4 Å². The van der Waals surface area contributed by atoms with E-state index in [1.165, 1.54) is 0 Å². The molecule has 0 radical (unpaired) electrons. The molecule has 0 saturated heterocycles. The molecule has 0 bridgehead atoms. The van der Waals surface area contributed by atoms with E-state index < -0.39 is 240 Å². The quantitative estimate of drug-likeness (QED) is 0.157. The Morgan fingerprint density at radius 2 is 0.727 bits per heavy atom. The third-order valence-electron chi connectivity index (χ3n) is 13.6. The molecule has 0 atom stereocenters. The second kappa shape index (κ2) is 18.4. The molecule has 0 fully saturated rings. The highest BCUT2D eigenvalue weighted by Gasteiger charge is 2.21. The van der Waals surface area contributed by atoms with E-state index in [2.05, 4.69) is 30.3 Å². The molecular formula is C76H48O. The van der Waals surface area contributed by atoms with Crippen molar-refractivity contribution >= 4 is 97.3 Å².